The normalized spacial score (nSPS) is 20.3. The molecule has 7 nitrogen and oxygen atoms in total. The van der Waals surface area contributed by atoms with Crippen molar-refractivity contribution in [2.75, 3.05) is 19.8 Å². The zero-order valence-electron chi connectivity index (χ0n) is 24.8. The second-order valence-electron chi connectivity index (χ2n) is 12.7. The van der Waals surface area contributed by atoms with E-state index in [0.717, 1.165) is 22.5 Å². The van der Waals surface area contributed by atoms with Crippen LogP contribution in [0.15, 0.2) is 47.3 Å². The number of benzene rings is 1. The van der Waals surface area contributed by atoms with E-state index in [2.05, 4.69) is 34.3 Å². The van der Waals surface area contributed by atoms with E-state index in [1.807, 2.05) is 37.0 Å². The Labute approximate surface area is 237 Å². The van der Waals surface area contributed by atoms with Gasteiger partial charge < -0.3 is 19.5 Å². The number of carboxylic acids is 1. The zero-order chi connectivity index (χ0) is 29.4. The van der Waals surface area contributed by atoms with Gasteiger partial charge in [0.25, 0.3) is 0 Å². The van der Waals surface area contributed by atoms with Crippen LogP contribution in [0.5, 0.6) is 11.5 Å². The molecule has 7 heteroatoms. The quantitative estimate of drug-likeness (QED) is 0.339. The van der Waals surface area contributed by atoms with E-state index in [0.29, 0.717) is 68.0 Å². The molecule has 216 valence electrons. The molecule has 4 rings (SSSR count). The molecule has 0 fully saturated rings. The number of hydrogen-bond acceptors (Lipinski definition) is 6. The molecule has 1 aromatic rings. The number of carbonyl (C=O) groups excluding carboxylic acids is 2. The third kappa shape index (κ3) is 5.74. The van der Waals surface area contributed by atoms with Crippen LogP contribution in [0.3, 0.4) is 0 Å². The van der Waals surface area contributed by atoms with Crippen molar-refractivity contribution in [3.05, 3.63) is 58.5 Å². The van der Waals surface area contributed by atoms with Gasteiger partial charge in [0, 0.05) is 53.4 Å². The average molecular weight is 550 g/mol. The number of carboxylic acid groups (broad SMARTS) is 1. The summed E-state index contributed by atoms with van der Waals surface area (Å²) >= 11 is 0. The van der Waals surface area contributed by atoms with Crippen molar-refractivity contribution in [1.29, 1.82) is 0 Å². The highest BCUT2D eigenvalue weighted by Gasteiger charge is 2.49. The Morgan fingerprint density at radius 1 is 0.975 bits per heavy atom. The summed E-state index contributed by atoms with van der Waals surface area (Å²) in [5.41, 5.74) is 4.10. The standard InChI is InChI=1S/C33H43NO6/c1-8-11-20-14-21(15-26(39-9-2)31(20)40-10-3)28-29-22(16-32(4,5)18-24(29)35)34(13-12-27(37)38)23-17-33(6,7)19-25(36)30(23)28/h8,14-15,28H,1,9-13,16-19H2,2-7H3,(H,37,38). The lowest BCUT2D eigenvalue weighted by Gasteiger charge is -2.49. The van der Waals surface area contributed by atoms with Crippen LogP contribution in [0.4, 0.5) is 0 Å². The van der Waals surface area contributed by atoms with E-state index in [9.17, 15) is 19.5 Å². The Balaban J connectivity index is 2.03. The lowest BCUT2D eigenvalue weighted by atomic mass is 9.63. The number of rotatable bonds is 10. The van der Waals surface area contributed by atoms with Gasteiger partial charge in [-0.1, -0.05) is 39.8 Å². The highest BCUT2D eigenvalue weighted by molar-refractivity contribution is 6.07. The molecule has 1 aromatic carbocycles. The molecule has 0 amide bonds. The lowest BCUT2D eigenvalue weighted by molar-refractivity contribution is -0.137. The maximum Gasteiger partial charge on any atom is 0.305 e. The molecular weight excluding hydrogens is 506 g/mol. The monoisotopic (exact) mass is 549 g/mol. The summed E-state index contributed by atoms with van der Waals surface area (Å²) in [6, 6.07) is 3.95. The summed E-state index contributed by atoms with van der Waals surface area (Å²) < 4.78 is 12.1. The topological polar surface area (TPSA) is 93.1 Å². The molecule has 1 N–H and O–H groups in total. The summed E-state index contributed by atoms with van der Waals surface area (Å²) in [4.78, 5) is 41.7. The van der Waals surface area contributed by atoms with Crippen LogP contribution >= 0.6 is 0 Å². The number of ketones is 2. The Morgan fingerprint density at radius 2 is 1.52 bits per heavy atom. The Kier molecular flexibility index (Phi) is 8.34. The number of nitrogens with zero attached hydrogens (tertiary/aromatic N) is 1. The van der Waals surface area contributed by atoms with Crippen LogP contribution < -0.4 is 9.47 Å². The van der Waals surface area contributed by atoms with Crippen molar-refractivity contribution >= 4 is 17.5 Å². The van der Waals surface area contributed by atoms with Crippen molar-refractivity contribution in [2.45, 2.75) is 86.0 Å². The third-order valence-corrected chi connectivity index (χ3v) is 8.01. The molecule has 40 heavy (non-hydrogen) atoms. The fourth-order valence-electron chi connectivity index (χ4n) is 6.59. The van der Waals surface area contributed by atoms with Gasteiger partial charge in [0.2, 0.25) is 0 Å². The lowest BCUT2D eigenvalue weighted by Crippen LogP contribution is -2.45. The molecule has 0 spiro atoms. The second-order valence-corrected chi connectivity index (χ2v) is 12.7. The van der Waals surface area contributed by atoms with E-state index in [-0.39, 0.29) is 35.4 Å². The van der Waals surface area contributed by atoms with Crippen molar-refractivity contribution in [3.8, 4) is 11.5 Å². The van der Waals surface area contributed by atoms with Gasteiger partial charge in [-0.15, -0.1) is 6.58 Å². The van der Waals surface area contributed by atoms with E-state index in [4.69, 9.17) is 9.47 Å². The number of ether oxygens (including phenoxy) is 2. The maximum absolute atomic E-state index is 14.0. The minimum Gasteiger partial charge on any atom is -0.490 e. The molecule has 2 aliphatic carbocycles. The molecule has 3 aliphatic rings. The van der Waals surface area contributed by atoms with Crippen LogP contribution in [0.25, 0.3) is 0 Å². The predicted octanol–water partition coefficient (Wildman–Crippen LogP) is 6.37. The van der Waals surface area contributed by atoms with Gasteiger partial charge in [0.1, 0.15) is 0 Å². The highest BCUT2D eigenvalue weighted by atomic mass is 16.5. The summed E-state index contributed by atoms with van der Waals surface area (Å²) in [6.45, 7) is 17.2. The summed E-state index contributed by atoms with van der Waals surface area (Å²) in [6.07, 6.45) is 4.26. The smallest absolute Gasteiger partial charge is 0.305 e. The first-order chi connectivity index (χ1) is 18.8. The van der Waals surface area contributed by atoms with Crippen molar-refractivity contribution in [2.24, 2.45) is 10.8 Å². The molecule has 0 saturated carbocycles. The number of hydrogen-bond donors (Lipinski definition) is 1. The number of aliphatic carboxylic acids is 1. The Morgan fingerprint density at radius 3 is 2.00 bits per heavy atom. The fraction of sp³-hybridized carbons (Fsp3) is 0.545. The maximum atomic E-state index is 14.0. The number of allylic oxidation sites excluding steroid dienone is 5. The first-order valence-corrected chi connectivity index (χ1v) is 14.4. The second kappa shape index (κ2) is 11.3. The molecule has 0 saturated heterocycles. The van der Waals surface area contributed by atoms with Gasteiger partial charge in [0.05, 0.1) is 19.6 Å². The SMILES string of the molecule is C=CCc1cc(C2C3=C(CC(C)(C)CC3=O)N(CCC(=O)O)C3=C2C(=O)CC(C)(C)C3)cc(OCC)c1OCC. The van der Waals surface area contributed by atoms with E-state index in [1.54, 1.807) is 0 Å². The number of Topliss-reactive ketones (excluding diaryl/α,β-unsaturated/α-hetero) is 2. The minimum atomic E-state index is -0.906. The first-order valence-electron chi connectivity index (χ1n) is 14.4. The van der Waals surface area contributed by atoms with Gasteiger partial charge in [-0.2, -0.15) is 0 Å². The largest absolute Gasteiger partial charge is 0.490 e. The Bertz CT molecular complexity index is 1240. The zero-order valence-corrected chi connectivity index (χ0v) is 24.8. The van der Waals surface area contributed by atoms with Crippen LogP contribution in [0.2, 0.25) is 0 Å². The third-order valence-electron chi connectivity index (χ3n) is 8.01. The van der Waals surface area contributed by atoms with Crippen molar-refractivity contribution < 1.29 is 29.0 Å². The van der Waals surface area contributed by atoms with E-state index < -0.39 is 11.9 Å². The molecular formula is C33H43NO6. The average Bonchev–Trinajstić information content (AvgIpc) is 2.83. The molecule has 1 aliphatic heterocycles. The van der Waals surface area contributed by atoms with Crippen LogP contribution in [0, 0.1) is 10.8 Å². The highest BCUT2D eigenvalue weighted by Crippen LogP contribution is 2.55. The fourth-order valence-corrected chi connectivity index (χ4v) is 6.59. The number of carbonyl (C=O) groups is 3. The van der Waals surface area contributed by atoms with E-state index >= 15 is 0 Å². The van der Waals surface area contributed by atoms with Gasteiger partial charge in [-0.25, -0.2) is 0 Å². The summed E-state index contributed by atoms with van der Waals surface area (Å²) in [7, 11) is 0. The van der Waals surface area contributed by atoms with Gasteiger partial charge in [0.15, 0.2) is 23.1 Å². The first kappa shape index (κ1) is 29.6. The van der Waals surface area contributed by atoms with Gasteiger partial charge in [-0.05, 0) is 55.6 Å². The van der Waals surface area contributed by atoms with Crippen molar-refractivity contribution in [3.63, 3.8) is 0 Å². The van der Waals surface area contributed by atoms with Gasteiger partial charge >= 0.3 is 5.97 Å². The van der Waals surface area contributed by atoms with Crippen LogP contribution in [-0.4, -0.2) is 47.3 Å². The van der Waals surface area contributed by atoms with Crippen molar-refractivity contribution in [1.82, 2.24) is 4.90 Å². The molecule has 0 bridgehead atoms. The predicted molar refractivity (Wildman–Crippen MR) is 154 cm³/mol. The molecule has 0 radical (unpaired) electrons. The molecule has 0 unspecified atom stereocenters. The van der Waals surface area contributed by atoms with Gasteiger partial charge in [-0.3, -0.25) is 14.4 Å². The Hall–Kier alpha value is -3.35. The molecule has 1 heterocycles. The molecule has 0 atom stereocenters. The summed E-state index contributed by atoms with van der Waals surface area (Å²) in [5, 5.41) is 9.58. The van der Waals surface area contributed by atoms with Crippen LogP contribution in [-0.2, 0) is 20.8 Å². The molecule has 0 aromatic heterocycles. The minimum absolute atomic E-state index is 0.0119. The van der Waals surface area contributed by atoms with E-state index in [1.165, 1.54) is 0 Å². The summed E-state index contributed by atoms with van der Waals surface area (Å²) in [5.74, 6) is -0.186. The van der Waals surface area contributed by atoms with Crippen LogP contribution in [0.1, 0.15) is 90.7 Å².